The zero-order chi connectivity index (χ0) is 14.0. The largest absolute Gasteiger partial charge is 0.397 e. The van der Waals surface area contributed by atoms with E-state index in [4.69, 9.17) is 17.3 Å². The fourth-order valence-electron chi connectivity index (χ4n) is 2.54. The number of carbonyl (C=O) groups is 1. The van der Waals surface area contributed by atoms with E-state index >= 15 is 0 Å². The van der Waals surface area contributed by atoms with Crippen molar-refractivity contribution in [3.63, 3.8) is 0 Å². The summed E-state index contributed by atoms with van der Waals surface area (Å²) in [6.45, 7) is 4.56. The highest BCUT2D eigenvalue weighted by Crippen LogP contribution is 2.35. The Hall–Kier alpha value is -1.22. The fraction of sp³-hybridized carbons (Fsp3) is 0.533. The van der Waals surface area contributed by atoms with Gasteiger partial charge >= 0.3 is 0 Å². The predicted octanol–water partition coefficient (Wildman–Crippen LogP) is 3.62. The van der Waals surface area contributed by atoms with Crippen molar-refractivity contribution in [2.75, 3.05) is 5.73 Å². The Balaban J connectivity index is 2.00. The monoisotopic (exact) mass is 280 g/mol. The van der Waals surface area contributed by atoms with Crippen molar-refractivity contribution < 1.29 is 4.79 Å². The van der Waals surface area contributed by atoms with Gasteiger partial charge < -0.3 is 11.1 Å². The molecule has 0 atom stereocenters. The predicted molar refractivity (Wildman–Crippen MR) is 79.4 cm³/mol. The summed E-state index contributed by atoms with van der Waals surface area (Å²) < 4.78 is 0. The molecule has 0 aliphatic heterocycles. The lowest BCUT2D eigenvalue weighted by Crippen LogP contribution is -2.39. The van der Waals surface area contributed by atoms with Crippen LogP contribution in [0.3, 0.4) is 0 Å². The molecule has 0 unspecified atom stereocenters. The number of halogens is 1. The minimum Gasteiger partial charge on any atom is -0.397 e. The molecule has 1 saturated carbocycles. The highest BCUT2D eigenvalue weighted by atomic mass is 35.5. The van der Waals surface area contributed by atoms with E-state index in [1.54, 1.807) is 18.2 Å². The summed E-state index contributed by atoms with van der Waals surface area (Å²) in [5, 5.41) is 3.49. The summed E-state index contributed by atoms with van der Waals surface area (Å²) >= 11 is 5.93. The number of carbonyl (C=O) groups excluding carboxylic acids is 1. The summed E-state index contributed by atoms with van der Waals surface area (Å²) in [6.07, 6.45) is 4.34. The van der Waals surface area contributed by atoms with E-state index < -0.39 is 0 Å². The van der Waals surface area contributed by atoms with Gasteiger partial charge in [0.05, 0.1) is 16.3 Å². The van der Waals surface area contributed by atoms with E-state index in [0.29, 0.717) is 21.7 Å². The number of nitrogens with one attached hydrogen (secondary N) is 1. The quantitative estimate of drug-likeness (QED) is 0.813. The molecule has 3 N–H and O–H groups in total. The fourth-order valence-corrected chi connectivity index (χ4v) is 2.72. The number of para-hydroxylation sites is 1. The molecule has 3 nitrogen and oxygen atoms in total. The van der Waals surface area contributed by atoms with E-state index in [1.807, 2.05) is 0 Å². The van der Waals surface area contributed by atoms with Crippen LogP contribution in [0.25, 0.3) is 0 Å². The molecule has 104 valence electrons. The topological polar surface area (TPSA) is 55.1 Å². The van der Waals surface area contributed by atoms with Crippen LogP contribution in [0.1, 0.15) is 49.9 Å². The van der Waals surface area contributed by atoms with Gasteiger partial charge in [-0.2, -0.15) is 0 Å². The Morgan fingerprint density at radius 2 is 2.00 bits per heavy atom. The van der Waals surface area contributed by atoms with Crippen LogP contribution in [0.5, 0.6) is 0 Å². The van der Waals surface area contributed by atoms with Gasteiger partial charge in [-0.1, -0.05) is 31.5 Å². The van der Waals surface area contributed by atoms with Gasteiger partial charge in [-0.15, -0.1) is 0 Å². The Labute approximate surface area is 119 Å². The number of nitrogen functional groups attached to an aromatic ring is 1. The molecule has 0 heterocycles. The molecule has 1 aliphatic rings. The lowest BCUT2D eigenvalue weighted by molar-refractivity contribution is 0.0910. The Kier molecular flexibility index (Phi) is 4.04. The van der Waals surface area contributed by atoms with Crippen LogP contribution in [0.2, 0.25) is 5.02 Å². The number of nitrogens with two attached hydrogens (primary N) is 1. The van der Waals surface area contributed by atoms with Crippen molar-refractivity contribution >= 4 is 23.2 Å². The molecule has 1 aliphatic carbocycles. The SMILES string of the molecule is CC1(C)CCC(NC(=O)c2cccc(Cl)c2N)CC1. The van der Waals surface area contributed by atoms with Gasteiger partial charge in [0.15, 0.2) is 0 Å². The Morgan fingerprint density at radius 1 is 1.37 bits per heavy atom. The van der Waals surface area contributed by atoms with Crippen molar-refractivity contribution in [3.05, 3.63) is 28.8 Å². The van der Waals surface area contributed by atoms with Crippen LogP contribution in [0.4, 0.5) is 5.69 Å². The van der Waals surface area contributed by atoms with Gasteiger partial charge in [0, 0.05) is 6.04 Å². The van der Waals surface area contributed by atoms with Crippen molar-refractivity contribution in [1.29, 1.82) is 0 Å². The summed E-state index contributed by atoms with van der Waals surface area (Å²) in [5.41, 5.74) is 7.07. The third kappa shape index (κ3) is 3.41. The maximum atomic E-state index is 12.2. The summed E-state index contributed by atoms with van der Waals surface area (Å²) in [4.78, 5) is 12.2. The second kappa shape index (κ2) is 5.41. The number of anilines is 1. The first-order valence-electron chi connectivity index (χ1n) is 6.74. The molecular formula is C15H21ClN2O. The maximum Gasteiger partial charge on any atom is 0.253 e. The number of benzene rings is 1. The second-order valence-corrected chi connectivity index (χ2v) is 6.52. The Bertz CT molecular complexity index is 475. The molecule has 0 radical (unpaired) electrons. The molecule has 1 aromatic rings. The van der Waals surface area contributed by atoms with E-state index in [0.717, 1.165) is 25.7 Å². The number of amides is 1. The average molecular weight is 281 g/mol. The van der Waals surface area contributed by atoms with Crippen molar-refractivity contribution in [2.45, 2.75) is 45.6 Å². The molecule has 1 aromatic carbocycles. The van der Waals surface area contributed by atoms with Crippen LogP contribution in [0.15, 0.2) is 18.2 Å². The third-order valence-corrected chi connectivity index (χ3v) is 4.30. The van der Waals surface area contributed by atoms with Gasteiger partial charge in [-0.05, 0) is 43.2 Å². The van der Waals surface area contributed by atoms with E-state index in [2.05, 4.69) is 19.2 Å². The van der Waals surface area contributed by atoms with Crippen LogP contribution in [0, 0.1) is 5.41 Å². The minimum absolute atomic E-state index is 0.121. The molecule has 0 saturated heterocycles. The first-order valence-corrected chi connectivity index (χ1v) is 7.12. The van der Waals surface area contributed by atoms with Gasteiger partial charge in [-0.3, -0.25) is 4.79 Å². The van der Waals surface area contributed by atoms with E-state index in [1.165, 1.54) is 0 Å². The summed E-state index contributed by atoms with van der Waals surface area (Å²) in [5.74, 6) is -0.121. The molecule has 19 heavy (non-hydrogen) atoms. The second-order valence-electron chi connectivity index (χ2n) is 6.11. The normalized spacial score (nSPS) is 19.1. The summed E-state index contributed by atoms with van der Waals surface area (Å²) in [7, 11) is 0. The van der Waals surface area contributed by atoms with Crippen molar-refractivity contribution in [3.8, 4) is 0 Å². The van der Waals surface area contributed by atoms with Gasteiger partial charge in [0.2, 0.25) is 0 Å². The lowest BCUT2D eigenvalue weighted by Gasteiger charge is -2.34. The van der Waals surface area contributed by atoms with Gasteiger partial charge in [0.25, 0.3) is 5.91 Å². The van der Waals surface area contributed by atoms with Gasteiger partial charge in [-0.25, -0.2) is 0 Å². The lowest BCUT2D eigenvalue weighted by atomic mass is 9.75. The molecule has 0 bridgehead atoms. The van der Waals surface area contributed by atoms with Crippen LogP contribution in [-0.4, -0.2) is 11.9 Å². The van der Waals surface area contributed by atoms with E-state index in [-0.39, 0.29) is 11.9 Å². The van der Waals surface area contributed by atoms with Crippen LogP contribution >= 0.6 is 11.6 Å². The zero-order valence-electron chi connectivity index (χ0n) is 11.5. The minimum atomic E-state index is -0.121. The maximum absolute atomic E-state index is 12.2. The zero-order valence-corrected chi connectivity index (χ0v) is 12.3. The average Bonchev–Trinajstić information content (AvgIpc) is 2.35. The Morgan fingerprint density at radius 3 is 2.63 bits per heavy atom. The highest BCUT2D eigenvalue weighted by molar-refractivity contribution is 6.33. The molecular weight excluding hydrogens is 260 g/mol. The number of hydrogen-bond acceptors (Lipinski definition) is 2. The van der Waals surface area contributed by atoms with Crippen molar-refractivity contribution in [1.82, 2.24) is 5.32 Å². The summed E-state index contributed by atoms with van der Waals surface area (Å²) in [6, 6.07) is 5.40. The van der Waals surface area contributed by atoms with Crippen LogP contribution in [-0.2, 0) is 0 Å². The molecule has 2 rings (SSSR count). The van der Waals surface area contributed by atoms with Crippen molar-refractivity contribution in [2.24, 2.45) is 5.41 Å². The third-order valence-electron chi connectivity index (χ3n) is 3.97. The molecule has 4 heteroatoms. The smallest absolute Gasteiger partial charge is 0.253 e. The van der Waals surface area contributed by atoms with E-state index in [9.17, 15) is 4.79 Å². The molecule has 0 aromatic heterocycles. The standard InChI is InChI=1S/C15H21ClN2O/c1-15(2)8-6-10(7-9-15)18-14(19)11-4-3-5-12(16)13(11)17/h3-5,10H,6-9,17H2,1-2H3,(H,18,19). The molecule has 1 fully saturated rings. The highest BCUT2D eigenvalue weighted by Gasteiger charge is 2.28. The first kappa shape index (κ1) is 14.2. The molecule has 1 amide bonds. The molecule has 0 spiro atoms. The number of rotatable bonds is 2. The van der Waals surface area contributed by atoms with Crippen LogP contribution < -0.4 is 11.1 Å². The first-order chi connectivity index (χ1) is 8.89. The number of hydrogen-bond donors (Lipinski definition) is 2. The van der Waals surface area contributed by atoms with Gasteiger partial charge in [0.1, 0.15) is 0 Å².